The molecule has 1 aliphatic carbocycles. The largest absolute Gasteiger partial charge is 0.306 e. The maximum absolute atomic E-state index is 12.6. The lowest BCUT2D eigenvalue weighted by Gasteiger charge is -2.32. The minimum Gasteiger partial charge on any atom is -0.306 e. The van der Waals surface area contributed by atoms with E-state index in [1.807, 2.05) is 0 Å². The maximum atomic E-state index is 12.6. The van der Waals surface area contributed by atoms with Gasteiger partial charge in [-0.05, 0) is 45.8 Å². The Morgan fingerprint density at radius 3 is 2.33 bits per heavy atom. The van der Waals surface area contributed by atoms with Crippen molar-refractivity contribution in [2.45, 2.75) is 69.5 Å². The van der Waals surface area contributed by atoms with E-state index in [-0.39, 0.29) is 23.9 Å². The van der Waals surface area contributed by atoms with Gasteiger partial charge < -0.3 is 10.2 Å². The Hall–Kier alpha value is -0.940. The molecule has 2 heterocycles. The zero-order valence-electron chi connectivity index (χ0n) is 13.0. The number of piperidine rings is 1. The Kier molecular flexibility index (Phi) is 4.60. The fourth-order valence-corrected chi connectivity index (χ4v) is 3.96. The molecule has 1 unspecified atom stereocenters. The van der Waals surface area contributed by atoms with Crippen LogP contribution in [0, 0.1) is 0 Å². The SMILES string of the molecule is CN1CCC(NC2CC(=O)N(C3CCCCC3)C2=O)CC1. The normalized spacial score (nSPS) is 30.3. The van der Waals surface area contributed by atoms with Crippen molar-refractivity contribution in [1.29, 1.82) is 0 Å². The van der Waals surface area contributed by atoms with E-state index in [1.54, 1.807) is 4.90 Å². The average Bonchev–Trinajstić information content (AvgIpc) is 2.77. The van der Waals surface area contributed by atoms with Crippen LogP contribution in [0.25, 0.3) is 0 Å². The second-order valence-electron chi connectivity index (χ2n) is 6.89. The Balaban J connectivity index is 1.58. The molecule has 1 saturated carbocycles. The Morgan fingerprint density at radius 1 is 1.00 bits per heavy atom. The fourth-order valence-electron chi connectivity index (χ4n) is 3.96. The summed E-state index contributed by atoms with van der Waals surface area (Å²) in [4.78, 5) is 28.7. The number of hydrogen-bond acceptors (Lipinski definition) is 4. The lowest BCUT2D eigenvalue weighted by molar-refractivity contribution is -0.142. The Labute approximate surface area is 127 Å². The van der Waals surface area contributed by atoms with Crippen LogP contribution in [0.2, 0.25) is 0 Å². The molecule has 2 saturated heterocycles. The van der Waals surface area contributed by atoms with Crippen molar-refractivity contribution in [3.63, 3.8) is 0 Å². The monoisotopic (exact) mass is 293 g/mol. The first kappa shape index (κ1) is 15.0. The van der Waals surface area contributed by atoms with Crippen molar-refractivity contribution in [2.75, 3.05) is 20.1 Å². The van der Waals surface area contributed by atoms with Gasteiger partial charge in [-0.1, -0.05) is 19.3 Å². The zero-order valence-corrected chi connectivity index (χ0v) is 13.0. The molecular formula is C16H27N3O2. The lowest BCUT2D eigenvalue weighted by Crippen LogP contribution is -2.49. The molecule has 21 heavy (non-hydrogen) atoms. The fraction of sp³-hybridized carbons (Fsp3) is 0.875. The predicted molar refractivity (Wildman–Crippen MR) is 80.8 cm³/mol. The number of imide groups is 1. The summed E-state index contributed by atoms with van der Waals surface area (Å²) in [5, 5.41) is 3.45. The number of hydrogen-bond donors (Lipinski definition) is 1. The van der Waals surface area contributed by atoms with Gasteiger partial charge in [0.25, 0.3) is 0 Å². The number of nitrogens with one attached hydrogen (secondary N) is 1. The summed E-state index contributed by atoms with van der Waals surface area (Å²) in [6.45, 7) is 2.14. The number of nitrogens with zero attached hydrogens (tertiary/aromatic N) is 2. The van der Waals surface area contributed by atoms with E-state index in [0.717, 1.165) is 51.6 Å². The van der Waals surface area contributed by atoms with Crippen molar-refractivity contribution in [3.05, 3.63) is 0 Å². The highest BCUT2D eigenvalue weighted by molar-refractivity contribution is 6.05. The van der Waals surface area contributed by atoms with Crippen LogP contribution in [0.15, 0.2) is 0 Å². The van der Waals surface area contributed by atoms with Crippen LogP contribution in [0.1, 0.15) is 51.4 Å². The third-order valence-corrected chi connectivity index (χ3v) is 5.28. The van der Waals surface area contributed by atoms with Crippen molar-refractivity contribution in [3.8, 4) is 0 Å². The molecule has 118 valence electrons. The highest BCUT2D eigenvalue weighted by Gasteiger charge is 2.43. The molecule has 1 N–H and O–H groups in total. The molecule has 0 aromatic heterocycles. The van der Waals surface area contributed by atoms with E-state index < -0.39 is 0 Å². The molecule has 0 aromatic carbocycles. The van der Waals surface area contributed by atoms with Crippen molar-refractivity contribution < 1.29 is 9.59 Å². The third-order valence-electron chi connectivity index (χ3n) is 5.28. The van der Waals surface area contributed by atoms with Gasteiger partial charge >= 0.3 is 0 Å². The molecule has 3 fully saturated rings. The molecule has 2 aliphatic heterocycles. The van der Waals surface area contributed by atoms with E-state index in [4.69, 9.17) is 0 Å². The summed E-state index contributed by atoms with van der Waals surface area (Å²) in [6, 6.07) is 0.283. The first-order valence-electron chi connectivity index (χ1n) is 8.45. The van der Waals surface area contributed by atoms with Gasteiger partial charge in [-0.2, -0.15) is 0 Å². The van der Waals surface area contributed by atoms with E-state index in [9.17, 15) is 9.59 Å². The van der Waals surface area contributed by atoms with Crippen molar-refractivity contribution in [1.82, 2.24) is 15.1 Å². The van der Waals surface area contributed by atoms with E-state index in [1.165, 1.54) is 6.42 Å². The minimum absolute atomic E-state index is 0.0332. The number of rotatable bonds is 3. The topological polar surface area (TPSA) is 52.7 Å². The quantitative estimate of drug-likeness (QED) is 0.793. The number of amides is 2. The van der Waals surface area contributed by atoms with Gasteiger partial charge in [-0.25, -0.2) is 0 Å². The van der Waals surface area contributed by atoms with Crippen LogP contribution in [-0.4, -0.2) is 59.9 Å². The zero-order chi connectivity index (χ0) is 14.8. The number of likely N-dealkylation sites (tertiary alicyclic amines) is 2. The first-order valence-corrected chi connectivity index (χ1v) is 8.45. The average molecular weight is 293 g/mol. The Morgan fingerprint density at radius 2 is 1.67 bits per heavy atom. The highest BCUT2D eigenvalue weighted by atomic mass is 16.2. The van der Waals surface area contributed by atoms with Gasteiger partial charge in [-0.15, -0.1) is 0 Å². The van der Waals surface area contributed by atoms with Gasteiger partial charge in [0, 0.05) is 12.1 Å². The van der Waals surface area contributed by atoms with Gasteiger partial charge in [0.15, 0.2) is 0 Å². The number of carbonyl (C=O) groups excluding carboxylic acids is 2. The molecular weight excluding hydrogens is 266 g/mol. The van der Waals surface area contributed by atoms with Gasteiger partial charge in [-0.3, -0.25) is 14.5 Å². The van der Waals surface area contributed by atoms with Gasteiger partial charge in [0.1, 0.15) is 0 Å². The molecule has 0 aromatic rings. The minimum atomic E-state index is -0.271. The summed E-state index contributed by atoms with van der Waals surface area (Å²) in [6.07, 6.45) is 8.03. The molecule has 0 spiro atoms. The molecule has 3 rings (SSSR count). The summed E-state index contributed by atoms with van der Waals surface area (Å²) < 4.78 is 0. The third kappa shape index (κ3) is 3.29. The van der Waals surface area contributed by atoms with Crippen LogP contribution in [0.4, 0.5) is 0 Å². The van der Waals surface area contributed by atoms with Crippen molar-refractivity contribution >= 4 is 11.8 Å². The van der Waals surface area contributed by atoms with Crippen LogP contribution in [0.3, 0.4) is 0 Å². The second kappa shape index (κ2) is 6.44. The molecule has 5 heteroatoms. The molecule has 0 bridgehead atoms. The second-order valence-corrected chi connectivity index (χ2v) is 6.89. The molecule has 0 radical (unpaired) electrons. The first-order chi connectivity index (χ1) is 10.1. The van der Waals surface area contributed by atoms with E-state index in [0.29, 0.717) is 12.5 Å². The standard InChI is InChI=1S/C16H27N3O2/c1-18-9-7-12(8-10-18)17-14-11-15(20)19(16(14)21)13-5-3-2-4-6-13/h12-14,17H,2-11H2,1H3. The summed E-state index contributed by atoms with van der Waals surface area (Å²) in [5.74, 6) is 0.0724. The summed E-state index contributed by atoms with van der Waals surface area (Å²) in [7, 11) is 2.13. The highest BCUT2D eigenvalue weighted by Crippen LogP contribution is 2.27. The van der Waals surface area contributed by atoms with Gasteiger partial charge in [0.2, 0.25) is 11.8 Å². The van der Waals surface area contributed by atoms with Crippen molar-refractivity contribution in [2.24, 2.45) is 0 Å². The van der Waals surface area contributed by atoms with Crippen LogP contribution in [-0.2, 0) is 9.59 Å². The molecule has 2 amide bonds. The number of carbonyl (C=O) groups is 2. The summed E-state index contributed by atoms with van der Waals surface area (Å²) in [5.41, 5.74) is 0. The predicted octanol–water partition coefficient (Wildman–Crippen LogP) is 1.13. The van der Waals surface area contributed by atoms with E-state index in [2.05, 4.69) is 17.3 Å². The van der Waals surface area contributed by atoms with E-state index >= 15 is 0 Å². The van der Waals surface area contributed by atoms with Gasteiger partial charge in [0.05, 0.1) is 12.5 Å². The maximum Gasteiger partial charge on any atom is 0.247 e. The van der Waals surface area contributed by atoms with Crippen LogP contribution in [0.5, 0.6) is 0 Å². The van der Waals surface area contributed by atoms with Crippen LogP contribution >= 0.6 is 0 Å². The Bertz CT molecular complexity index is 398. The van der Waals surface area contributed by atoms with Crippen LogP contribution < -0.4 is 5.32 Å². The summed E-state index contributed by atoms with van der Waals surface area (Å²) >= 11 is 0. The molecule has 5 nitrogen and oxygen atoms in total. The molecule has 3 aliphatic rings. The molecule has 1 atom stereocenters. The lowest BCUT2D eigenvalue weighted by atomic mass is 9.94. The smallest absolute Gasteiger partial charge is 0.247 e.